The van der Waals surface area contributed by atoms with Crippen molar-refractivity contribution in [2.24, 2.45) is 0 Å². The van der Waals surface area contributed by atoms with Crippen molar-refractivity contribution in [1.29, 1.82) is 0 Å². The van der Waals surface area contributed by atoms with E-state index in [2.05, 4.69) is 18.8 Å². The predicted molar refractivity (Wildman–Crippen MR) is 152 cm³/mol. The third-order valence-electron chi connectivity index (χ3n) is 6.61. The van der Waals surface area contributed by atoms with Gasteiger partial charge in [0.05, 0.1) is 12.2 Å². The maximum absolute atomic E-state index is 12.9. The van der Waals surface area contributed by atoms with Crippen LogP contribution in [0.15, 0.2) is 48.5 Å². The molecule has 0 radical (unpaired) electrons. The summed E-state index contributed by atoms with van der Waals surface area (Å²) < 4.78 is 43.6. The molecular weight excluding hydrogens is 515 g/mol. The van der Waals surface area contributed by atoms with Gasteiger partial charge in [-0.05, 0) is 48.7 Å². The van der Waals surface area contributed by atoms with E-state index in [-0.39, 0.29) is 19.7 Å². The number of ether oxygens (including phenoxy) is 1. The van der Waals surface area contributed by atoms with E-state index in [1.807, 2.05) is 24.3 Å². The van der Waals surface area contributed by atoms with E-state index in [9.17, 15) is 22.8 Å². The normalized spacial score (nSPS) is 11.0. The number of halogens is 3. The Morgan fingerprint density at radius 2 is 1.25 bits per heavy atom. The van der Waals surface area contributed by atoms with Gasteiger partial charge < -0.3 is 9.64 Å². The van der Waals surface area contributed by atoms with E-state index in [1.165, 1.54) is 74.8 Å². The van der Waals surface area contributed by atoms with E-state index in [0.29, 0.717) is 5.56 Å². The molecule has 2 aromatic rings. The van der Waals surface area contributed by atoms with Crippen LogP contribution in [0, 0.1) is 11.8 Å². The second-order valence-electron chi connectivity index (χ2n) is 10.0. The lowest BCUT2D eigenvalue weighted by Crippen LogP contribution is -2.36. The first kappa shape index (κ1) is 32.9. The second-order valence-corrected chi connectivity index (χ2v) is 10.0. The first-order valence-corrected chi connectivity index (χ1v) is 14.4. The highest BCUT2D eigenvalue weighted by Gasteiger charge is 2.30. The van der Waals surface area contributed by atoms with Crippen molar-refractivity contribution in [3.05, 3.63) is 70.8 Å². The fourth-order valence-corrected chi connectivity index (χ4v) is 4.32. The largest absolute Gasteiger partial charge is 0.459 e. The number of benzene rings is 2. The highest BCUT2D eigenvalue weighted by Crippen LogP contribution is 2.29. The number of carbonyl (C=O) groups is 2. The van der Waals surface area contributed by atoms with Crippen LogP contribution in [0.5, 0.6) is 0 Å². The number of hydrogen-bond acceptors (Lipinski definition) is 3. The Bertz CT molecular complexity index is 1080. The van der Waals surface area contributed by atoms with Crippen LogP contribution in [0.2, 0.25) is 0 Å². The van der Waals surface area contributed by atoms with Crippen molar-refractivity contribution in [3.8, 4) is 11.8 Å². The van der Waals surface area contributed by atoms with Gasteiger partial charge in [-0.3, -0.25) is 4.79 Å². The van der Waals surface area contributed by atoms with E-state index < -0.39 is 23.6 Å². The molecule has 40 heavy (non-hydrogen) atoms. The molecule has 0 atom stereocenters. The summed E-state index contributed by atoms with van der Waals surface area (Å²) in [6, 6.07) is 11.9. The first-order chi connectivity index (χ1) is 19.2. The smallest absolute Gasteiger partial charge is 0.416 e. The molecule has 0 saturated heterocycles. The molecule has 218 valence electrons. The number of carbonyl (C=O) groups excluding carboxylic acids is 2. The van der Waals surface area contributed by atoms with Gasteiger partial charge in [-0.15, -0.1) is 0 Å². The highest BCUT2D eigenvalue weighted by atomic mass is 19.4. The predicted octanol–water partition coefficient (Wildman–Crippen LogP) is 8.46. The molecule has 0 saturated carbocycles. The van der Waals surface area contributed by atoms with Crippen LogP contribution in [0.25, 0.3) is 0 Å². The zero-order valence-electron chi connectivity index (χ0n) is 23.8. The number of alkyl halides is 3. The van der Waals surface area contributed by atoms with Crippen LogP contribution in [0.4, 0.5) is 13.2 Å². The summed E-state index contributed by atoms with van der Waals surface area (Å²) in [5.74, 6) is 4.56. The molecule has 0 unspecified atom stereocenters. The number of hydrogen-bond donors (Lipinski definition) is 0. The lowest BCUT2D eigenvalue weighted by atomic mass is 10.1. The van der Waals surface area contributed by atoms with Gasteiger partial charge in [-0.2, -0.15) is 13.2 Å². The Kier molecular flexibility index (Phi) is 14.9. The fraction of sp³-hybridized carbons (Fsp3) is 0.515. The zero-order chi connectivity index (χ0) is 29.2. The molecule has 0 aromatic heterocycles. The van der Waals surface area contributed by atoms with Crippen molar-refractivity contribution in [1.82, 2.24) is 4.90 Å². The molecular formula is C33H42F3NO3. The maximum Gasteiger partial charge on any atom is 0.416 e. The van der Waals surface area contributed by atoms with Crippen LogP contribution in [0.3, 0.4) is 0 Å². The van der Waals surface area contributed by atoms with Gasteiger partial charge in [0.25, 0.3) is 0 Å². The lowest BCUT2D eigenvalue weighted by Gasteiger charge is -2.22. The molecule has 7 heteroatoms. The van der Waals surface area contributed by atoms with Crippen LogP contribution in [0.1, 0.15) is 107 Å². The fourth-order valence-electron chi connectivity index (χ4n) is 4.32. The molecule has 0 aliphatic carbocycles. The molecule has 2 aromatic carbocycles. The minimum Gasteiger partial charge on any atom is -0.459 e. The summed E-state index contributed by atoms with van der Waals surface area (Å²) in [7, 11) is 0. The first-order valence-electron chi connectivity index (χ1n) is 14.4. The molecule has 0 bridgehead atoms. The van der Waals surface area contributed by atoms with Crippen LogP contribution in [-0.4, -0.2) is 23.4 Å². The average Bonchev–Trinajstić information content (AvgIpc) is 2.93. The summed E-state index contributed by atoms with van der Waals surface area (Å²) >= 11 is 0. The SMILES string of the molecule is CCCCCCCCCCCCC#Cc1ccc(CN(Cc2ccc(C(F)(F)F)cc2)C(=O)C(=O)OCC)cc1. The van der Waals surface area contributed by atoms with E-state index >= 15 is 0 Å². The highest BCUT2D eigenvalue weighted by molar-refractivity contribution is 6.32. The van der Waals surface area contributed by atoms with Gasteiger partial charge in [0.15, 0.2) is 0 Å². The van der Waals surface area contributed by atoms with Crippen molar-refractivity contribution in [2.75, 3.05) is 6.61 Å². The number of rotatable bonds is 15. The minimum absolute atomic E-state index is 0.0315. The van der Waals surface area contributed by atoms with Gasteiger partial charge >= 0.3 is 18.1 Å². The average molecular weight is 558 g/mol. The Morgan fingerprint density at radius 3 is 1.75 bits per heavy atom. The monoisotopic (exact) mass is 557 g/mol. The third-order valence-corrected chi connectivity index (χ3v) is 6.61. The summed E-state index contributed by atoms with van der Waals surface area (Å²) in [4.78, 5) is 26.1. The minimum atomic E-state index is -4.45. The van der Waals surface area contributed by atoms with Crippen molar-refractivity contribution in [3.63, 3.8) is 0 Å². The lowest BCUT2D eigenvalue weighted by molar-refractivity contribution is -0.160. The van der Waals surface area contributed by atoms with E-state index in [0.717, 1.165) is 36.1 Å². The van der Waals surface area contributed by atoms with Gasteiger partial charge in [-0.25, -0.2) is 4.79 Å². The summed E-state index contributed by atoms with van der Waals surface area (Å²) in [5, 5.41) is 0. The quantitative estimate of drug-likeness (QED) is 0.0955. The molecule has 0 N–H and O–H groups in total. The molecule has 0 heterocycles. The van der Waals surface area contributed by atoms with Gasteiger partial charge in [0.1, 0.15) is 0 Å². The van der Waals surface area contributed by atoms with Gasteiger partial charge in [0, 0.05) is 25.1 Å². The van der Waals surface area contributed by atoms with Crippen molar-refractivity contribution in [2.45, 2.75) is 104 Å². The number of nitrogens with zero attached hydrogens (tertiary/aromatic N) is 1. The molecule has 0 aliphatic heterocycles. The van der Waals surface area contributed by atoms with Crippen molar-refractivity contribution < 1.29 is 27.5 Å². The summed E-state index contributed by atoms with van der Waals surface area (Å²) in [6.07, 6.45) is 9.29. The van der Waals surface area contributed by atoms with Crippen LogP contribution < -0.4 is 0 Å². The Balaban J connectivity index is 1.87. The zero-order valence-corrected chi connectivity index (χ0v) is 23.8. The topological polar surface area (TPSA) is 46.6 Å². The van der Waals surface area contributed by atoms with E-state index in [1.54, 1.807) is 6.92 Å². The number of unbranched alkanes of at least 4 members (excludes halogenated alkanes) is 10. The molecule has 0 fully saturated rings. The summed E-state index contributed by atoms with van der Waals surface area (Å²) in [5.41, 5.74) is 1.33. The molecule has 4 nitrogen and oxygen atoms in total. The summed E-state index contributed by atoms with van der Waals surface area (Å²) in [6.45, 7) is 3.96. The molecule has 2 rings (SSSR count). The van der Waals surface area contributed by atoms with Crippen LogP contribution in [-0.2, 0) is 33.6 Å². The maximum atomic E-state index is 12.9. The standard InChI is InChI=1S/C33H42F3NO3/c1-3-5-6-7-8-9-10-11-12-13-14-15-16-27-17-19-28(20-18-27)25-37(31(38)32(39)40-4-2)26-29-21-23-30(24-22-29)33(34,35)36/h17-24H,3-14,25-26H2,1-2H3. The Labute approximate surface area is 237 Å². The molecule has 1 amide bonds. The van der Waals surface area contributed by atoms with Crippen LogP contribution >= 0.6 is 0 Å². The van der Waals surface area contributed by atoms with Gasteiger partial charge in [-0.1, -0.05) is 101 Å². The third kappa shape index (κ3) is 12.7. The van der Waals surface area contributed by atoms with Gasteiger partial charge in [0.2, 0.25) is 0 Å². The van der Waals surface area contributed by atoms with E-state index in [4.69, 9.17) is 4.74 Å². The number of esters is 1. The number of amides is 1. The Hall–Kier alpha value is -3.27. The van der Waals surface area contributed by atoms with Crippen molar-refractivity contribution >= 4 is 11.9 Å². The second kappa shape index (κ2) is 18.1. The molecule has 0 aliphatic rings. The Morgan fingerprint density at radius 1 is 0.750 bits per heavy atom. The molecule has 0 spiro atoms.